The van der Waals surface area contributed by atoms with E-state index in [4.69, 9.17) is 15.5 Å². The largest absolute Gasteiger partial charge is 0.484 e. The van der Waals surface area contributed by atoms with Crippen LogP contribution in [0.25, 0.3) is 0 Å². The lowest BCUT2D eigenvalue weighted by Gasteiger charge is -2.29. The Morgan fingerprint density at radius 1 is 1.03 bits per heavy atom. The summed E-state index contributed by atoms with van der Waals surface area (Å²) in [5.41, 5.74) is 7.56. The minimum atomic E-state index is -0.482. The zero-order chi connectivity index (χ0) is 23.2. The molecule has 0 heterocycles. The summed E-state index contributed by atoms with van der Waals surface area (Å²) in [6.07, 6.45) is 0.846. The maximum absolute atomic E-state index is 10.8. The minimum absolute atomic E-state index is 0. The zero-order valence-electron chi connectivity index (χ0n) is 19.9. The van der Waals surface area contributed by atoms with Gasteiger partial charge >= 0.3 is 0 Å². The van der Waals surface area contributed by atoms with Crippen LogP contribution >= 0.6 is 24.0 Å². The van der Waals surface area contributed by atoms with Crippen LogP contribution in [0.4, 0.5) is 0 Å². The molecule has 1 unspecified atom stereocenters. The Bertz CT molecular complexity index is 826. The number of ether oxygens (including phenoxy) is 1. The first-order valence-electron chi connectivity index (χ1n) is 11.4. The number of carbonyl (C=O) groups is 1. The summed E-state index contributed by atoms with van der Waals surface area (Å²) in [6, 6.07) is 18.5. The Balaban J connectivity index is 0.00000544. The summed E-state index contributed by atoms with van der Waals surface area (Å²) in [4.78, 5) is 18.1. The lowest BCUT2D eigenvalue weighted by molar-refractivity contribution is -0.119. The smallest absolute Gasteiger partial charge is 0.255 e. The van der Waals surface area contributed by atoms with Gasteiger partial charge in [-0.05, 0) is 49.7 Å². The van der Waals surface area contributed by atoms with Gasteiger partial charge in [-0.15, -0.1) is 24.0 Å². The first-order valence-corrected chi connectivity index (χ1v) is 11.4. The number of rotatable bonds is 13. The molecule has 0 aliphatic rings. The van der Waals surface area contributed by atoms with Gasteiger partial charge in [0.1, 0.15) is 5.75 Å². The molecular weight excluding hydrogens is 529 g/mol. The van der Waals surface area contributed by atoms with Crippen molar-refractivity contribution in [1.82, 2.24) is 15.5 Å². The number of nitrogens with zero attached hydrogens (tertiary/aromatic N) is 2. The number of primary amides is 1. The van der Waals surface area contributed by atoms with Crippen LogP contribution in [0.3, 0.4) is 0 Å². The van der Waals surface area contributed by atoms with E-state index in [1.165, 1.54) is 11.1 Å². The van der Waals surface area contributed by atoms with Crippen molar-refractivity contribution in [2.75, 3.05) is 39.3 Å². The molecule has 2 rings (SSSR count). The second kappa shape index (κ2) is 16.3. The highest BCUT2D eigenvalue weighted by molar-refractivity contribution is 14.0. The van der Waals surface area contributed by atoms with Gasteiger partial charge < -0.3 is 21.1 Å². The average Bonchev–Trinajstić information content (AvgIpc) is 2.81. The second-order valence-corrected chi connectivity index (χ2v) is 7.44. The molecule has 0 radical (unpaired) electrons. The number of hydrogen-bond acceptors (Lipinski definition) is 4. The van der Waals surface area contributed by atoms with Gasteiger partial charge in [-0.3, -0.25) is 14.7 Å². The molecule has 1 amide bonds. The standard InChI is InChI=1S/C25H37N5O2.HI/c1-4-27-25(28-17-16-20-12-14-22(15-13-20)32-19-24(26)31)29-18-23(30(5-2)6-3)21-10-8-7-9-11-21;/h7-15,23H,4-6,16-19H2,1-3H3,(H2,26,31)(H2,27,28,29);1H. The van der Waals surface area contributed by atoms with Crippen LogP contribution in [-0.4, -0.2) is 56.1 Å². The fourth-order valence-corrected chi connectivity index (χ4v) is 3.52. The third kappa shape index (κ3) is 10.4. The van der Waals surface area contributed by atoms with Crippen molar-refractivity contribution < 1.29 is 9.53 Å². The van der Waals surface area contributed by atoms with E-state index in [1.807, 2.05) is 30.3 Å². The SMILES string of the molecule is CCNC(=NCC(c1ccccc1)N(CC)CC)NCCc1ccc(OCC(N)=O)cc1.I. The minimum Gasteiger partial charge on any atom is -0.484 e. The van der Waals surface area contributed by atoms with Crippen LogP contribution in [-0.2, 0) is 11.2 Å². The number of benzene rings is 2. The molecule has 0 saturated carbocycles. The van der Waals surface area contributed by atoms with Gasteiger partial charge in [0.2, 0.25) is 0 Å². The molecule has 0 saturated heterocycles. The summed E-state index contributed by atoms with van der Waals surface area (Å²) in [5, 5.41) is 6.78. The third-order valence-corrected chi connectivity index (χ3v) is 5.21. The van der Waals surface area contributed by atoms with Crippen molar-refractivity contribution in [3.8, 4) is 5.75 Å². The normalized spacial score (nSPS) is 12.1. The molecule has 8 heteroatoms. The van der Waals surface area contributed by atoms with Gasteiger partial charge in [-0.1, -0.05) is 56.3 Å². The van der Waals surface area contributed by atoms with Crippen molar-refractivity contribution in [3.63, 3.8) is 0 Å². The Labute approximate surface area is 215 Å². The maximum atomic E-state index is 10.8. The van der Waals surface area contributed by atoms with Gasteiger partial charge in [0, 0.05) is 13.1 Å². The Morgan fingerprint density at radius 2 is 1.70 bits per heavy atom. The predicted octanol–water partition coefficient (Wildman–Crippen LogP) is 3.35. The Morgan fingerprint density at radius 3 is 2.27 bits per heavy atom. The number of guanidine groups is 1. The molecule has 1 atom stereocenters. The van der Waals surface area contributed by atoms with Gasteiger partial charge in [-0.2, -0.15) is 0 Å². The van der Waals surface area contributed by atoms with E-state index >= 15 is 0 Å². The number of amides is 1. The lowest BCUT2D eigenvalue weighted by atomic mass is 10.1. The molecule has 182 valence electrons. The van der Waals surface area contributed by atoms with Gasteiger partial charge in [0.25, 0.3) is 5.91 Å². The summed E-state index contributed by atoms with van der Waals surface area (Å²) in [6.45, 7) is 10.6. The van der Waals surface area contributed by atoms with Crippen LogP contribution in [0.5, 0.6) is 5.75 Å². The van der Waals surface area contributed by atoms with E-state index in [0.29, 0.717) is 12.3 Å². The predicted molar refractivity (Wildman–Crippen MR) is 146 cm³/mol. The van der Waals surface area contributed by atoms with Crippen molar-refractivity contribution >= 4 is 35.8 Å². The highest BCUT2D eigenvalue weighted by Gasteiger charge is 2.17. The number of nitrogens with two attached hydrogens (primary N) is 1. The van der Waals surface area contributed by atoms with E-state index in [0.717, 1.165) is 38.6 Å². The Kier molecular flexibility index (Phi) is 14.2. The van der Waals surface area contributed by atoms with Gasteiger partial charge in [-0.25, -0.2) is 0 Å². The topological polar surface area (TPSA) is 92.0 Å². The van der Waals surface area contributed by atoms with Crippen LogP contribution in [0, 0.1) is 0 Å². The molecule has 4 N–H and O–H groups in total. The van der Waals surface area contributed by atoms with Crippen LogP contribution in [0.15, 0.2) is 59.6 Å². The molecule has 0 aromatic heterocycles. The van der Waals surface area contributed by atoms with E-state index < -0.39 is 5.91 Å². The average molecular weight is 568 g/mol. The van der Waals surface area contributed by atoms with Crippen LogP contribution in [0.1, 0.15) is 37.9 Å². The summed E-state index contributed by atoms with van der Waals surface area (Å²) in [7, 11) is 0. The molecule has 2 aromatic carbocycles. The molecule has 0 aliphatic heterocycles. The van der Waals surface area contributed by atoms with Crippen molar-refractivity contribution in [1.29, 1.82) is 0 Å². The molecule has 33 heavy (non-hydrogen) atoms. The molecule has 2 aromatic rings. The number of aliphatic imine (C=N–C) groups is 1. The Hall–Kier alpha value is -2.33. The third-order valence-electron chi connectivity index (χ3n) is 5.21. The number of nitrogens with one attached hydrogen (secondary N) is 2. The van der Waals surface area contributed by atoms with Crippen LogP contribution < -0.4 is 21.1 Å². The van der Waals surface area contributed by atoms with Crippen LogP contribution in [0.2, 0.25) is 0 Å². The molecule has 0 fully saturated rings. The van der Waals surface area contributed by atoms with Gasteiger partial charge in [0.05, 0.1) is 12.6 Å². The van der Waals surface area contributed by atoms with Crippen molar-refractivity contribution in [3.05, 3.63) is 65.7 Å². The number of halogens is 1. The second-order valence-electron chi connectivity index (χ2n) is 7.44. The molecule has 0 spiro atoms. The fourth-order valence-electron chi connectivity index (χ4n) is 3.52. The number of likely N-dealkylation sites (N-methyl/N-ethyl adjacent to an activating group) is 1. The zero-order valence-corrected chi connectivity index (χ0v) is 22.3. The maximum Gasteiger partial charge on any atom is 0.255 e. The summed E-state index contributed by atoms with van der Waals surface area (Å²) < 4.78 is 5.30. The van der Waals surface area contributed by atoms with E-state index in [2.05, 4.69) is 60.6 Å². The first kappa shape index (κ1) is 28.7. The van der Waals surface area contributed by atoms with Crippen molar-refractivity contribution in [2.24, 2.45) is 10.7 Å². The number of carbonyl (C=O) groups excluding carboxylic acids is 1. The monoisotopic (exact) mass is 567 g/mol. The van der Waals surface area contributed by atoms with E-state index in [1.54, 1.807) is 0 Å². The summed E-state index contributed by atoms with van der Waals surface area (Å²) >= 11 is 0. The quantitative estimate of drug-likeness (QED) is 0.196. The molecule has 0 bridgehead atoms. The fraction of sp³-hybridized carbons (Fsp3) is 0.440. The summed E-state index contributed by atoms with van der Waals surface area (Å²) in [5.74, 6) is 0.977. The lowest BCUT2D eigenvalue weighted by Crippen LogP contribution is -2.39. The number of hydrogen-bond donors (Lipinski definition) is 3. The molecule has 0 aliphatic carbocycles. The highest BCUT2D eigenvalue weighted by atomic mass is 127. The van der Waals surface area contributed by atoms with E-state index in [-0.39, 0.29) is 36.6 Å². The van der Waals surface area contributed by atoms with Gasteiger partial charge in [0.15, 0.2) is 12.6 Å². The van der Waals surface area contributed by atoms with Crippen molar-refractivity contribution in [2.45, 2.75) is 33.2 Å². The highest BCUT2D eigenvalue weighted by Crippen LogP contribution is 2.20. The molecule has 7 nitrogen and oxygen atoms in total. The first-order chi connectivity index (χ1) is 15.6. The molecular formula is C25H38IN5O2. The van der Waals surface area contributed by atoms with E-state index in [9.17, 15) is 4.79 Å².